The molecule has 0 saturated heterocycles. The Morgan fingerprint density at radius 1 is 1.15 bits per heavy atom. The second-order valence-corrected chi connectivity index (χ2v) is 5.71. The molecule has 1 atom stereocenters. The second kappa shape index (κ2) is 7.11. The predicted molar refractivity (Wildman–Crippen MR) is 86.9 cm³/mol. The second-order valence-electron chi connectivity index (χ2n) is 4.22. The normalized spacial score (nSPS) is 11.9. The van der Waals surface area contributed by atoms with Crippen LogP contribution < -0.4 is 5.32 Å². The van der Waals surface area contributed by atoms with Crippen LogP contribution in [0.25, 0.3) is 0 Å². The van der Waals surface area contributed by atoms with E-state index in [-0.39, 0.29) is 11.9 Å². The maximum absolute atomic E-state index is 12.3. The Morgan fingerprint density at radius 2 is 1.85 bits per heavy atom. The van der Waals surface area contributed by atoms with Crippen LogP contribution in [0.5, 0.6) is 0 Å². The molecule has 2 nitrogen and oxygen atoms in total. The van der Waals surface area contributed by atoms with Gasteiger partial charge in [-0.05, 0) is 23.8 Å². The molecule has 5 heteroatoms. The number of hydrogen-bond acceptors (Lipinski definition) is 1. The lowest BCUT2D eigenvalue weighted by molar-refractivity contribution is 0.0941. The SMILES string of the molecule is O=C(NC(CBr)c1ccccc1)c1ccc(Cl)cc1Cl. The highest BCUT2D eigenvalue weighted by Crippen LogP contribution is 2.22. The summed E-state index contributed by atoms with van der Waals surface area (Å²) >= 11 is 15.3. The van der Waals surface area contributed by atoms with Gasteiger partial charge in [-0.25, -0.2) is 0 Å². The molecule has 0 spiro atoms. The van der Waals surface area contributed by atoms with Crippen molar-refractivity contribution in [3.63, 3.8) is 0 Å². The maximum atomic E-state index is 12.3. The lowest BCUT2D eigenvalue weighted by atomic mass is 10.1. The van der Waals surface area contributed by atoms with Gasteiger partial charge in [0, 0.05) is 10.4 Å². The Balaban J connectivity index is 2.17. The number of nitrogens with one attached hydrogen (secondary N) is 1. The van der Waals surface area contributed by atoms with E-state index in [2.05, 4.69) is 21.2 Å². The highest BCUT2D eigenvalue weighted by Gasteiger charge is 2.16. The van der Waals surface area contributed by atoms with Gasteiger partial charge in [-0.2, -0.15) is 0 Å². The fraction of sp³-hybridized carbons (Fsp3) is 0.133. The minimum absolute atomic E-state index is 0.115. The van der Waals surface area contributed by atoms with Crippen LogP contribution in [0.2, 0.25) is 10.0 Å². The maximum Gasteiger partial charge on any atom is 0.253 e. The van der Waals surface area contributed by atoms with Crippen LogP contribution in [0.4, 0.5) is 0 Å². The van der Waals surface area contributed by atoms with Gasteiger partial charge < -0.3 is 5.32 Å². The summed E-state index contributed by atoms with van der Waals surface area (Å²) in [5.74, 6) is -0.222. The zero-order valence-corrected chi connectivity index (χ0v) is 13.5. The summed E-state index contributed by atoms with van der Waals surface area (Å²) in [6.45, 7) is 0. The average molecular weight is 373 g/mol. The van der Waals surface area contributed by atoms with E-state index in [1.807, 2.05) is 30.3 Å². The number of rotatable bonds is 4. The molecule has 2 aromatic rings. The molecule has 0 heterocycles. The van der Waals surface area contributed by atoms with Crippen LogP contribution in [0.3, 0.4) is 0 Å². The summed E-state index contributed by atoms with van der Waals surface area (Å²) in [5, 5.41) is 4.42. The van der Waals surface area contributed by atoms with E-state index >= 15 is 0 Å². The predicted octanol–water partition coefficient (Wildman–Crippen LogP) is 4.86. The Bertz CT molecular complexity index is 604. The Kier molecular flexibility index (Phi) is 5.46. The molecule has 0 bridgehead atoms. The molecule has 20 heavy (non-hydrogen) atoms. The zero-order valence-electron chi connectivity index (χ0n) is 10.4. The largest absolute Gasteiger partial charge is 0.344 e. The van der Waals surface area contributed by atoms with Gasteiger partial charge in [-0.15, -0.1) is 0 Å². The lowest BCUT2D eigenvalue weighted by Crippen LogP contribution is -2.29. The number of carbonyl (C=O) groups is 1. The summed E-state index contributed by atoms with van der Waals surface area (Å²) in [5.41, 5.74) is 1.45. The number of hydrogen-bond donors (Lipinski definition) is 1. The van der Waals surface area contributed by atoms with Gasteiger partial charge in [0.15, 0.2) is 0 Å². The Hall–Kier alpha value is -1.03. The van der Waals surface area contributed by atoms with E-state index in [4.69, 9.17) is 23.2 Å². The van der Waals surface area contributed by atoms with Crippen molar-refractivity contribution in [2.45, 2.75) is 6.04 Å². The molecule has 104 valence electrons. The van der Waals surface area contributed by atoms with Gasteiger partial charge in [-0.1, -0.05) is 69.5 Å². The molecule has 2 aromatic carbocycles. The lowest BCUT2D eigenvalue weighted by Gasteiger charge is -2.17. The molecular weight excluding hydrogens is 361 g/mol. The molecule has 1 N–H and O–H groups in total. The summed E-state index contributed by atoms with van der Waals surface area (Å²) < 4.78 is 0. The number of amides is 1. The van der Waals surface area contributed by atoms with Crippen molar-refractivity contribution in [2.75, 3.05) is 5.33 Å². The molecule has 0 aliphatic rings. The van der Waals surface area contributed by atoms with E-state index in [1.54, 1.807) is 18.2 Å². The molecule has 2 rings (SSSR count). The van der Waals surface area contributed by atoms with Crippen molar-refractivity contribution < 1.29 is 4.79 Å². The van der Waals surface area contributed by atoms with Crippen LogP contribution in [0.1, 0.15) is 22.0 Å². The first-order chi connectivity index (χ1) is 9.61. The summed E-state index contributed by atoms with van der Waals surface area (Å²) in [4.78, 5) is 12.3. The van der Waals surface area contributed by atoms with E-state index in [0.29, 0.717) is 20.9 Å². The molecule has 0 radical (unpaired) electrons. The van der Waals surface area contributed by atoms with Crippen LogP contribution in [0, 0.1) is 0 Å². The van der Waals surface area contributed by atoms with Gasteiger partial charge in [0.2, 0.25) is 0 Å². The van der Waals surface area contributed by atoms with Crippen LogP contribution >= 0.6 is 39.1 Å². The number of benzene rings is 2. The van der Waals surface area contributed by atoms with Crippen LogP contribution in [-0.4, -0.2) is 11.2 Å². The fourth-order valence-electron chi connectivity index (χ4n) is 1.81. The average Bonchev–Trinajstić information content (AvgIpc) is 2.45. The molecular formula is C15H12BrCl2NO. The van der Waals surface area contributed by atoms with Crippen molar-refractivity contribution in [1.29, 1.82) is 0 Å². The van der Waals surface area contributed by atoms with Crippen molar-refractivity contribution in [3.8, 4) is 0 Å². The first-order valence-electron chi connectivity index (χ1n) is 5.98. The highest BCUT2D eigenvalue weighted by atomic mass is 79.9. The van der Waals surface area contributed by atoms with Crippen LogP contribution in [-0.2, 0) is 0 Å². The number of carbonyl (C=O) groups excluding carboxylic acids is 1. The first kappa shape index (κ1) is 15.4. The summed E-state index contributed by atoms with van der Waals surface area (Å²) in [6.07, 6.45) is 0. The molecule has 0 aliphatic heterocycles. The minimum Gasteiger partial charge on any atom is -0.344 e. The van der Waals surface area contributed by atoms with E-state index in [0.717, 1.165) is 5.56 Å². The summed E-state index contributed by atoms with van der Waals surface area (Å²) in [6, 6.07) is 14.5. The number of alkyl halides is 1. The smallest absolute Gasteiger partial charge is 0.253 e. The molecule has 0 aliphatic carbocycles. The van der Waals surface area contributed by atoms with Crippen molar-refractivity contribution >= 4 is 45.0 Å². The van der Waals surface area contributed by atoms with Gasteiger partial charge in [-0.3, -0.25) is 4.79 Å². The zero-order chi connectivity index (χ0) is 14.5. The minimum atomic E-state index is -0.222. The molecule has 1 unspecified atom stereocenters. The Morgan fingerprint density at radius 3 is 2.45 bits per heavy atom. The Labute approximate surface area is 136 Å². The quantitative estimate of drug-likeness (QED) is 0.763. The topological polar surface area (TPSA) is 29.1 Å². The molecule has 0 saturated carbocycles. The highest BCUT2D eigenvalue weighted by molar-refractivity contribution is 9.09. The van der Waals surface area contributed by atoms with Gasteiger partial charge in [0.1, 0.15) is 0 Å². The van der Waals surface area contributed by atoms with E-state index < -0.39 is 0 Å². The van der Waals surface area contributed by atoms with E-state index in [1.165, 1.54) is 0 Å². The number of halogens is 3. The van der Waals surface area contributed by atoms with Crippen molar-refractivity contribution in [1.82, 2.24) is 5.32 Å². The summed E-state index contributed by atoms with van der Waals surface area (Å²) in [7, 11) is 0. The van der Waals surface area contributed by atoms with Crippen LogP contribution in [0.15, 0.2) is 48.5 Å². The van der Waals surface area contributed by atoms with Gasteiger partial charge in [0.25, 0.3) is 5.91 Å². The van der Waals surface area contributed by atoms with Gasteiger partial charge >= 0.3 is 0 Å². The third kappa shape index (κ3) is 3.75. The van der Waals surface area contributed by atoms with E-state index in [9.17, 15) is 4.79 Å². The van der Waals surface area contributed by atoms with Gasteiger partial charge in [0.05, 0.1) is 16.6 Å². The molecule has 0 fully saturated rings. The first-order valence-corrected chi connectivity index (χ1v) is 7.86. The fourth-order valence-corrected chi connectivity index (χ4v) is 2.84. The van der Waals surface area contributed by atoms with Crippen molar-refractivity contribution in [3.05, 3.63) is 69.7 Å². The third-order valence-electron chi connectivity index (χ3n) is 2.84. The monoisotopic (exact) mass is 371 g/mol. The third-order valence-corrected chi connectivity index (χ3v) is 4.03. The molecule has 1 amide bonds. The molecule has 0 aromatic heterocycles. The van der Waals surface area contributed by atoms with Crippen molar-refractivity contribution in [2.24, 2.45) is 0 Å². The standard InChI is InChI=1S/C15H12BrCl2NO/c16-9-14(10-4-2-1-3-5-10)19-15(20)12-7-6-11(17)8-13(12)18/h1-8,14H,9H2,(H,19,20).